The van der Waals surface area contributed by atoms with Gasteiger partial charge in [0.1, 0.15) is 23.1 Å². The number of carbonyl (C=O) groups excluding carboxylic acids is 4. The van der Waals surface area contributed by atoms with Gasteiger partial charge in [0.2, 0.25) is 11.8 Å². The van der Waals surface area contributed by atoms with E-state index < -0.39 is 23.4 Å². The van der Waals surface area contributed by atoms with Gasteiger partial charge in [-0.05, 0) is 102 Å². The number of amides is 4. The molecule has 0 spiro atoms. The minimum absolute atomic E-state index is 0.0347. The second-order valence-corrected chi connectivity index (χ2v) is 15.7. The Balaban J connectivity index is 1.47. The fourth-order valence-corrected chi connectivity index (χ4v) is 5.92. The number of ether oxygens (including phenoxy) is 3. The lowest BCUT2D eigenvalue weighted by atomic mass is 10.1. The Kier molecular flexibility index (Phi) is 12.2. The highest BCUT2D eigenvalue weighted by molar-refractivity contribution is 6.06. The summed E-state index contributed by atoms with van der Waals surface area (Å²) in [5, 5.41) is 10.2. The summed E-state index contributed by atoms with van der Waals surface area (Å²) >= 11 is 0. The Morgan fingerprint density at radius 1 is 0.964 bits per heavy atom. The van der Waals surface area contributed by atoms with Crippen molar-refractivity contribution in [3.63, 3.8) is 0 Å². The molecule has 14 heteroatoms. The molecule has 4 aromatic rings. The van der Waals surface area contributed by atoms with Gasteiger partial charge in [0.25, 0.3) is 5.91 Å². The van der Waals surface area contributed by atoms with Crippen LogP contribution >= 0.6 is 0 Å². The number of anilines is 3. The van der Waals surface area contributed by atoms with Gasteiger partial charge in [0.15, 0.2) is 5.65 Å². The van der Waals surface area contributed by atoms with Crippen LogP contribution in [0, 0.1) is 0 Å². The van der Waals surface area contributed by atoms with Crippen molar-refractivity contribution in [3.8, 4) is 5.88 Å². The van der Waals surface area contributed by atoms with Crippen LogP contribution in [0.4, 0.5) is 26.8 Å². The van der Waals surface area contributed by atoms with E-state index >= 15 is 0 Å². The lowest BCUT2D eigenvalue weighted by Gasteiger charge is -2.34. The van der Waals surface area contributed by atoms with Crippen molar-refractivity contribution in [2.24, 2.45) is 0 Å². The average Bonchev–Trinajstić information content (AvgIpc) is 3.54. The van der Waals surface area contributed by atoms with Gasteiger partial charge in [0.05, 0.1) is 19.3 Å². The topological polar surface area (TPSA) is 157 Å². The van der Waals surface area contributed by atoms with Crippen LogP contribution in [-0.4, -0.2) is 73.9 Å². The molecule has 4 amide bonds. The van der Waals surface area contributed by atoms with Gasteiger partial charge in [-0.25, -0.2) is 9.59 Å². The number of nitrogens with zero attached hydrogens (tertiary/aromatic N) is 5. The molecule has 2 N–H and O–H groups in total. The molecule has 1 saturated heterocycles. The number of benzene rings is 2. The molecule has 55 heavy (non-hydrogen) atoms. The Morgan fingerprint density at radius 3 is 2.33 bits per heavy atom. The number of aromatic nitrogens is 3. The van der Waals surface area contributed by atoms with E-state index in [0.717, 1.165) is 18.1 Å². The molecule has 2 aromatic carbocycles. The maximum absolute atomic E-state index is 14.1. The second-order valence-electron chi connectivity index (χ2n) is 15.7. The first-order valence-electron chi connectivity index (χ1n) is 18.4. The summed E-state index contributed by atoms with van der Waals surface area (Å²) in [4.78, 5) is 60.0. The van der Waals surface area contributed by atoms with Gasteiger partial charge in [-0.15, -0.1) is 0 Å². The van der Waals surface area contributed by atoms with Gasteiger partial charge >= 0.3 is 12.2 Å². The number of carbonyl (C=O) groups is 4. The summed E-state index contributed by atoms with van der Waals surface area (Å²) in [5.41, 5.74) is 1.88. The molecule has 0 aliphatic carbocycles. The molecule has 5 rings (SSSR count). The summed E-state index contributed by atoms with van der Waals surface area (Å²) < 4.78 is 19.6. The molecule has 1 atom stereocenters. The summed E-state index contributed by atoms with van der Waals surface area (Å²) in [6.45, 7) is 19.3. The lowest BCUT2D eigenvalue weighted by Crippen LogP contribution is -2.46. The first-order valence-corrected chi connectivity index (χ1v) is 18.4. The smallest absolute Gasteiger partial charge is 0.416 e. The summed E-state index contributed by atoms with van der Waals surface area (Å²) in [6, 6.07) is 15.3. The van der Waals surface area contributed by atoms with Crippen molar-refractivity contribution in [1.82, 2.24) is 19.5 Å². The third-order valence-electron chi connectivity index (χ3n) is 8.39. The first kappa shape index (κ1) is 40.3. The maximum atomic E-state index is 14.1. The fraction of sp³-hybridized carbons (Fsp3) is 0.415. The van der Waals surface area contributed by atoms with E-state index in [-0.39, 0.29) is 36.3 Å². The van der Waals surface area contributed by atoms with Gasteiger partial charge < -0.3 is 29.7 Å². The van der Waals surface area contributed by atoms with E-state index in [4.69, 9.17) is 19.2 Å². The van der Waals surface area contributed by atoms with Crippen LogP contribution in [0.2, 0.25) is 0 Å². The van der Waals surface area contributed by atoms with Gasteiger partial charge in [-0.1, -0.05) is 38.6 Å². The Hall–Kier alpha value is -5.92. The Morgan fingerprint density at radius 2 is 1.65 bits per heavy atom. The number of hydrogen-bond acceptors (Lipinski definition) is 9. The normalized spacial score (nSPS) is 14.6. The fourth-order valence-electron chi connectivity index (χ4n) is 5.92. The van der Waals surface area contributed by atoms with Crippen LogP contribution in [0.15, 0.2) is 73.4 Å². The molecule has 3 heterocycles. The van der Waals surface area contributed by atoms with E-state index in [0.29, 0.717) is 53.5 Å². The Labute approximate surface area is 321 Å². The molecular weight excluding hydrogens is 702 g/mol. The zero-order valence-corrected chi connectivity index (χ0v) is 32.8. The highest BCUT2D eigenvalue weighted by Crippen LogP contribution is 2.31. The van der Waals surface area contributed by atoms with Crippen molar-refractivity contribution in [3.05, 3.63) is 90.1 Å². The monoisotopic (exact) mass is 753 g/mol. The number of likely N-dealkylation sites (tertiary alicyclic amines) is 1. The number of fused-ring (bicyclic) bond motifs is 1. The standard InChI is InChI=1S/C41H51N7O7/c1-10-33(49)43-30-17-12-15-28(21-30)37(50)44-29-16-11-14-27(20-29)24-47(39(52)55-41(7,8)9)35-22-34(45-36-32(26(2)3)23-42-48(35)36)53-31-18-13-19-46(25-31)38(51)54-40(4,5)6/h10-12,14-17,20-23,26,31H,1,13,18-19,24-25H2,2-9H3,(H,43,49)(H,44,50)/t31-/m1/s1. The highest BCUT2D eigenvalue weighted by Gasteiger charge is 2.31. The molecule has 0 saturated carbocycles. The van der Waals surface area contributed by atoms with Crippen molar-refractivity contribution in [1.29, 1.82) is 0 Å². The van der Waals surface area contributed by atoms with Crippen molar-refractivity contribution in [2.45, 2.75) is 98.0 Å². The minimum Gasteiger partial charge on any atom is -0.472 e. The predicted octanol–water partition coefficient (Wildman–Crippen LogP) is 7.95. The Bertz CT molecular complexity index is 2060. The second kappa shape index (κ2) is 16.6. The summed E-state index contributed by atoms with van der Waals surface area (Å²) in [5.74, 6) is -0.103. The molecule has 14 nitrogen and oxygen atoms in total. The molecule has 292 valence electrons. The SMILES string of the molecule is C=CC(=O)Nc1cccc(C(=O)Nc2cccc(CN(C(=O)OC(C)(C)C)c3cc(O[C@@H]4CCCN(C(=O)OC(C)(C)C)C4)nc4c(C(C)C)cnn34)c2)c1. The average molecular weight is 754 g/mol. The van der Waals surface area contributed by atoms with Crippen LogP contribution in [0.5, 0.6) is 5.88 Å². The summed E-state index contributed by atoms with van der Waals surface area (Å²) in [7, 11) is 0. The van der Waals surface area contributed by atoms with Crippen LogP contribution < -0.4 is 20.3 Å². The summed E-state index contributed by atoms with van der Waals surface area (Å²) in [6.07, 6.45) is 2.89. The maximum Gasteiger partial charge on any atom is 0.416 e. The lowest BCUT2D eigenvalue weighted by molar-refractivity contribution is -0.111. The van der Waals surface area contributed by atoms with Crippen LogP contribution in [0.25, 0.3) is 5.65 Å². The molecule has 0 bridgehead atoms. The van der Waals surface area contributed by atoms with E-state index in [1.807, 2.05) is 40.7 Å². The third-order valence-corrected chi connectivity index (χ3v) is 8.39. The molecule has 1 fully saturated rings. The van der Waals surface area contributed by atoms with E-state index in [1.54, 1.807) is 84.9 Å². The largest absolute Gasteiger partial charge is 0.472 e. The number of nitrogens with one attached hydrogen (secondary N) is 2. The van der Waals surface area contributed by atoms with Crippen LogP contribution in [-0.2, 0) is 20.8 Å². The number of rotatable bonds is 10. The molecule has 1 aliphatic heterocycles. The molecule has 2 aromatic heterocycles. The molecule has 0 unspecified atom stereocenters. The van der Waals surface area contributed by atoms with E-state index in [9.17, 15) is 19.2 Å². The van der Waals surface area contributed by atoms with Crippen molar-refractivity contribution >= 4 is 46.8 Å². The number of piperidine rings is 1. The van der Waals surface area contributed by atoms with Crippen molar-refractivity contribution in [2.75, 3.05) is 28.6 Å². The quantitative estimate of drug-likeness (QED) is 0.153. The van der Waals surface area contributed by atoms with Crippen LogP contribution in [0.1, 0.15) is 95.6 Å². The predicted molar refractivity (Wildman–Crippen MR) is 211 cm³/mol. The van der Waals surface area contributed by atoms with E-state index in [2.05, 4.69) is 22.3 Å². The molecule has 0 radical (unpaired) electrons. The van der Waals surface area contributed by atoms with E-state index in [1.165, 1.54) is 4.90 Å². The number of hydrogen-bond donors (Lipinski definition) is 2. The molecule has 1 aliphatic rings. The first-order chi connectivity index (χ1) is 25.9. The molecular formula is C41H51N7O7. The van der Waals surface area contributed by atoms with Gasteiger partial charge in [-0.3, -0.25) is 14.5 Å². The van der Waals surface area contributed by atoms with Gasteiger partial charge in [0, 0.05) is 35.1 Å². The van der Waals surface area contributed by atoms with Crippen molar-refractivity contribution < 1.29 is 33.4 Å². The van der Waals surface area contributed by atoms with Crippen LogP contribution in [0.3, 0.4) is 0 Å². The minimum atomic E-state index is -0.823. The third kappa shape index (κ3) is 10.8. The zero-order chi connectivity index (χ0) is 40.1. The highest BCUT2D eigenvalue weighted by atomic mass is 16.6. The van der Waals surface area contributed by atoms with Gasteiger partial charge in [-0.2, -0.15) is 14.6 Å². The zero-order valence-electron chi connectivity index (χ0n) is 32.8.